The van der Waals surface area contributed by atoms with E-state index >= 15 is 0 Å². The molecule has 2 aromatic carbocycles. The van der Waals surface area contributed by atoms with Gasteiger partial charge in [-0.25, -0.2) is 8.70 Å². The van der Waals surface area contributed by atoms with Crippen molar-refractivity contribution in [1.82, 2.24) is 14.5 Å². The van der Waals surface area contributed by atoms with E-state index in [1.807, 2.05) is 26.8 Å². The first-order valence-corrected chi connectivity index (χ1v) is 13.1. The molecule has 0 heterocycles. The van der Waals surface area contributed by atoms with Gasteiger partial charge in [-0.05, 0) is 57.5 Å². The lowest BCUT2D eigenvalue weighted by Gasteiger charge is -2.34. The second kappa shape index (κ2) is 11.5. The molecular formula is C24H32BrFN4O4S. The highest BCUT2D eigenvalue weighted by Gasteiger charge is 2.34. The average Bonchev–Trinajstić information content (AvgIpc) is 2.74. The minimum Gasteiger partial charge on any atom is -0.350 e. The van der Waals surface area contributed by atoms with Crippen molar-refractivity contribution in [2.75, 3.05) is 24.9 Å². The molecule has 2 amide bonds. The van der Waals surface area contributed by atoms with Gasteiger partial charge in [0.1, 0.15) is 18.4 Å². The van der Waals surface area contributed by atoms with Gasteiger partial charge in [-0.1, -0.05) is 40.2 Å². The summed E-state index contributed by atoms with van der Waals surface area (Å²) in [5, 5.41) is 2.85. The van der Waals surface area contributed by atoms with Crippen LogP contribution in [0.15, 0.2) is 53.0 Å². The molecule has 192 valence electrons. The van der Waals surface area contributed by atoms with Crippen LogP contribution in [0.2, 0.25) is 0 Å². The van der Waals surface area contributed by atoms with E-state index in [4.69, 9.17) is 0 Å². The van der Waals surface area contributed by atoms with Gasteiger partial charge in [-0.2, -0.15) is 12.7 Å². The van der Waals surface area contributed by atoms with Crippen LogP contribution in [0.1, 0.15) is 33.3 Å². The highest BCUT2D eigenvalue weighted by atomic mass is 79.9. The Morgan fingerprint density at radius 1 is 1.09 bits per heavy atom. The van der Waals surface area contributed by atoms with E-state index < -0.39 is 46.0 Å². The van der Waals surface area contributed by atoms with Crippen LogP contribution in [0.3, 0.4) is 0 Å². The minimum absolute atomic E-state index is 0.0458. The number of carbonyl (C=O) groups excluding carboxylic acids is 2. The van der Waals surface area contributed by atoms with Crippen molar-refractivity contribution in [3.8, 4) is 0 Å². The quantitative estimate of drug-likeness (QED) is 0.499. The van der Waals surface area contributed by atoms with Gasteiger partial charge in [-0.3, -0.25) is 9.59 Å². The lowest BCUT2D eigenvalue weighted by molar-refractivity contribution is -0.140. The van der Waals surface area contributed by atoms with Crippen molar-refractivity contribution in [1.29, 1.82) is 0 Å². The number of halogens is 2. The Bertz CT molecular complexity index is 1170. The van der Waals surface area contributed by atoms with E-state index in [0.717, 1.165) is 20.4 Å². The Hall–Kier alpha value is -2.50. The zero-order valence-corrected chi connectivity index (χ0v) is 23.2. The van der Waals surface area contributed by atoms with Crippen LogP contribution in [-0.4, -0.2) is 61.7 Å². The molecule has 11 heteroatoms. The summed E-state index contributed by atoms with van der Waals surface area (Å²) in [5.41, 5.74) is -0.0664. The summed E-state index contributed by atoms with van der Waals surface area (Å²) >= 11 is 3.40. The molecule has 0 bridgehead atoms. The molecule has 0 aliphatic heterocycles. The maximum absolute atomic E-state index is 14.6. The van der Waals surface area contributed by atoms with Gasteiger partial charge in [0.25, 0.3) is 0 Å². The Morgan fingerprint density at radius 2 is 1.71 bits per heavy atom. The Labute approximate surface area is 215 Å². The first kappa shape index (κ1) is 28.7. The predicted molar refractivity (Wildman–Crippen MR) is 138 cm³/mol. The van der Waals surface area contributed by atoms with Crippen molar-refractivity contribution in [2.45, 2.75) is 45.8 Å². The molecule has 1 N–H and O–H groups in total. The summed E-state index contributed by atoms with van der Waals surface area (Å²) in [5.74, 6) is -1.84. The van der Waals surface area contributed by atoms with Gasteiger partial charge in [0.05, 0.1) is 5.69 Å². The van der Waals surface area contributed by atoms with Crippen molar-refractivity contribution in [3.05, 3.63) is 64.4 Å². The third-order valence-corrected chi connectivity index (χ3v) is 7.35. The minimum atomic E-state index is -4.23. The fraction of sp³-hybridized carbons (Fsp3) is 0.417. The Kier molecular flexibility index (Phi) is 9.43. The zero-order valence-electron chi connectivity index (χ0n) is 20.7. The van der Waals surface area contributed by atoms with Crippen LogP contribution in [0.25, 0.3) is 0 Å². The number of benzene rings is 2. The van der Waals surface area contributed by atoms with E-state index in [9.17, 15) is 22.4 Å². The zero-order chi connectivity index (χ0) is 26.6. The SMILES string of the molecule is C[C@H](C(=O)NC(C)(C)C)N(Cc1cccc(Br)c1)C(=O)CN(c1ccccc1F)S(=O)(=O)N(C)C. The number of nitrogens with zero attached hydrogens (tertiary/aromatic N) is 3. The molecule has 1 atom stereocenters. The second-order valence-corrected chi connectivity index (χ2v) is 12.3. The molecule has 0 spiro atoms. The van der Waals surface area contributed by atoms with Gasteiger partial charge in [0.2, 0.25) is 11.8 Å². The van der Waals surface area contributed by atoms with Crippen molar-refractivity contribution < 1.29 is 22.4 Å². The Morgan fingerprint density at radius 3 is 2.26 bits per heavy atom. The number of carbonyl (C=O) groups is 2. The predicted octanol–water partition coefficient (Wildman–Crippen LogP) is 3.53. The number of anilines is 1. The van der Waals surface area contributed by atoms with Crippen molar-refractivity contribution in [2.24, 2.45) is 0 Å². The molecular weight excluding hydrogens is 539 g/mol. The smallest absolute Gasteiger partial charge is 0.304 e. The van der Waals surface area contributed by atoms with E-state index in [0.29, 0.717) is 4.31 Å². The molecule has 0 aliphatic rings. The second-order valence-electron chi connectivity index (χ2n) is 9.32. The summed E-state index contributed by atoms with van der Waals surface area (Å²) < 4.78 is 43.2. The van der Waals surface area contributed by atoms with E-state index in [2.05, 4.69) is 21.2 Å². The molecule has 2 aromatic rings. The molecule has 0 fully saturated rings. The number of rotatable bonds is 9. The van der Waals surface area contributed by atoms with Crippen LogP contribution in [0, 0.1) is 5.82 Å². The van der Waals surface area contributed by atoms with Gasteiger partial charge >= 0.3 is 10.2 Å². The van der Waals surface area contributed by atoms with E-state index in [-0.39, 0.29) is 12.2 Å². The highest BCUT2D eigenvalue weighted by molar-refractivity contribution is 9.10. The molecule has 8 nitrogen and oxygen atoms in total. The first-order chi connectivity index (χ1) is 16.1. The fourth-order valence-corrected chi connectivity index (χ4v) is 4.76. The number of para-hydroxylation sites is 1. The highest BCUT2D eigenvalue weighted by Crippen LogP contribution is 2.24. The molecule has 0 radical (unpaired) electrons. The third-order valence-electron chi connectivity index (χ3n) is 5.05. The van der Waals surface area contributed by atoms with Crippen LogP contribution < -0.4 is 9.62 Å². The molecule has 0 saturated heterocycles. The van der Waals surface area contributed by atoms with Crippen molar-refractivity contribution in [3.63, 3.8) is 0 Å². The first-order valence-electron chi connectivity index (χ1n) is 10.9. The topological polar surface area (TPSA) is 90.0 Å². The largest absolute Gasteiger partial charge is 0.350 e. The standard InChI is InChI=1S/C24H32BrFN4O4S/c1-17(23(32)27-24(2,3)4)29(15-18-10-9-11-19(25)14-18)22(31)16-30(35(33,34)28(5)6)21-13-8-7-12-20(21)26/h7-14,17H,15-16H2,1-6H3,(H,27,32)/t17-/m1/s1. The average molecular weight is 572 g/mol. The van der Waals surface area contributed by atoms with Gasteiger partial charge in [-0.15, -0.1) is 0 Å². The molecule has 0 aliphatic carbocycles. The fourth-order valence-electron chi connectivity index (χ4n) is 3.24. The van der Waals surface area contributed by atoms with Gasteiger partial charge < -0.3 is 10.2 Å². The summed E-state index contributed by atoms with van der Waals surface area (Å²) in [6, 6.07) is 11.6. The van der Waals surface area contributed by atoms with Crippen molar-refractivity contribution >= 4 is 43.6 Å². The number of amides is 2. The van der Waals surface area contributed by atoms with Gasteiger partial charge in [0, 0.05) is 30.7 Å². The van der Waals surface area contributed by atoms with E-state index in [1.54, 1.807) is 25.1 Å². The number of nitrogens with one attached hydrogen (secondary N) is 1. The monoisotopic (exact) mass is 570 g/mol. The third kappa shape index (κ3) is 7.74. The maximum Gasteiger partial charge on any atom is 0.304 e. The molecule has 0 aromatic heterocycles. The summed E-state index contributed by atoms with van der Waals surface area (Å²) in [4.78, 5) is 27.9. The van der Waals surface area contributed by atoms with Gasteiger partial charge in [0.15, 0.2) is 0 Å². The number of hydrogen-bond acceptors (Lipinski definition) is 4. The lowest BCUT2D eigenvalue weighted by Crippen LogP contribution is -2.55. The number of hydrogen-bond donors (Lipinski definition) is 1. The lowest BCUT2D eigenvalue weighted by atomic mass is 10.1. The maximum atomic E-state index is 14.6. The van der Waals surface area contributed by atoms with Crippen LogP contribution in [-0.2, 0) is 26.3 Å². The summed E-state index contributed by atoms with van der Waals surface area (Å²) in [6.45, 7) is 6.39. The summed E-state index contributed by atoms with van der Waals surface area (Å²) in [6.07, 6.45) is 0. The Balaban J connectivity index is 2.49. The molecule has 35 heavy (non-hydrogen) atoms. The molecule has 0 unspecified atom stereocenters. The molecule has 2 rings (SSSR count). The summed E-state index contributed by atoms with van der Waals surface area (Å²) in [7, 11) is -1.63. The van der Waals surface area contributed by atoms with Crippen LogP contribution >= 0.6 is 15.9 Å². The van der Waals surface area contributed by atoms with Crippen LogP contribution in [0.5, 0.6) is 0 Å². The van der Waals surface area contributed by atoms with E-state index in [1.165, 1.54) is 37.2 Å². The normalized spacial score (nSPS) is 12.8. The molecule has 0 saturated carbocycles. The van der Waals surface area contributed by atoms with Crippen LogP contribution in [0.4, 0.5) is 10.1 Å².